The summed E-state index contributed by atoms with van der Waals surface area (Å²) in [6.07, 6.45) is 11.8. The predicted molar refractivity (Wildman–Crippen MR) is 244 cm³/mol. The summed E-state index contributed by atoms with van der Waals surface area (Å²) < 4.78 is 53.0. The Bertz CT molecular complexity index is 2450. The summed E-state index contributed by atoms with van der Waals surface area (Å²) in [4.78, 5) is 21.7. The molecule has 0 bridgehead atoms. The third-order valence-electron chi connectivity index (χ3n) is 12.5. The predicted octanol–water partition coefficient (Wildman–Crippen LogP) is 8.64. The lowest BCUT2D eigenvalue weighted by atomic mass is 9.55. The van der Waals surface area contributed by atoms with Crippen molar-refractivity contribution in [1.82, 2.24) is 9.29 Å². The molecular weight excluding hydrogens is 837 g/mol. The van der Waals surface area contributed by atoms with Gasteiger partial charge in [0, 0.05) is 61.4 Å². The summed E-state index contributed by atoms with van der Waals surface area (Å²) in [5.74, 6) is -1.48. The number of hydrogen-bond donors (Lipinski definition) is 2. The summed E-state index contributed by atoms with van der Waals surface area (Å²) in [7, 11) is -4.34. The number of benzene rings is 3. The van der Waals surface area contributed by atoms with Crippen LogP contribution in [0.5, 0.6) is 11.5 Å². The summed E-state index contributed by atoms with van der Waals surface area (Å²) in [5.41, 5.74) is 3.17. The van der Waals surface area contributed by atoms with Gasteiger partial charge in [0.2, 0.25) is 15.8 Å². The lowest BCUT2D eigenvalue weighted by molar-refractivity contribution is -0.384. The molecule has 64 heavy (non-hydrogen) atoms. The van der Waals surface area contributed by atoms with Gasteiger partial charge in [0.05, 0.1) is 34.7 Å². The molecule has 6 atom stereocenters. The molecule has 15 heteroatoms. The molecular formula is C49H58N4O10S. The molecule has 7 rings (SSSR count). The number of rotatable bonds is 23. The Morgan fingerprint density at radius 1 is 1.00 bits per heavy atom. The summed E-state index contributed by atoms with van der Waals surface area (Å²) >= 11 is 0. The van der Waals surface area contributed by atoms with Gasteiger partial charge in [-0.15, -0.1) is 6.58 Å². The number of ether oxygens (including phenoxy) is 3. The van der Waals surface area contributed by atoms with Crippen LogP contribution in [0.15, 0.2) is 126 Å². The van der Waals surface area contributed by atoms with Crippen molar-refractivity contribution in [2.24, 2.45) is 22.9 Å². The van der Waals surface area contributed by atoms with Crippen LogP contribution in [0.2, 0.25) is 0 Å². The number of para-hydroxylation sites is 1. The molecule has 0 unspecified atom stereocenters. The van der Waals surface area contributed by atoms with Crippen molar-refractivity contribution in [3.05, 3.63) is 137 Å². The van der Waals surface area contributed by atoms with Crippen LogP contribution in [0.4, 0.5) is 5.69 Å². The highest BCUT2D eigenvalue weighted by Gasteiger charge is 2.66. The zero-order valence-electron chi connectivity index (χ0n) is 36.3. The van der Waals surface area contributed by atoms with Crippen LogP contribution in [0.1, 0.15) is 75.3 Å². The van der Waals surface area contributed by atoms with E-state index in [4.69, 9.17) is 24.2 Å². The Balaban J connectivity index is 1.47. The Morgan fingerprint density at radius 2 is 1.75 bits per heavy atom. The second-order valence-electron chi connectivity index (χ2n) is 16.5. The Hall–Kier alpha value is -5.45. The number of aliphatic hydroxyl groups is 2. The van der Waals surface area contributed by atoms with Crippen molar-refractivity contribution in [3.8, 4) is 11.5 Å². The highest BCUT2D eigenvalue weighted by molar-refractivity contribution is 7.89. The number of oxime groups is 1. The number of unbranched alkanes of at least 4 members (excludes halogenated alkanes) is 2. The second kappa shape index (κ2) is 21.0. The molecule has 1 aromatic heterocycles. The smallest absolute Gasteiger partial charge is 0.269 e. The first kappa shape index (κ1) is 46.5. The molecule has 2 aliphatic carbocycles. The van der Waals surface area contributed by atoms with Gasteiger partial charge in [-0.2, -0.15) is 4.31 Å². The average Bonchev–Trinajstić information content (AvgIpc) is 3.30. The van der Waals surface area contributed by atoms with Crippen molar-refractivity contribution in [2.45, 2.75) is 87.5 Å². The fourth-order valence-corrected chi connectivity index (χ4v) is 11.7. The molecule has 1 fully saturated rings. The first-order chi connectivity index (χ1) is 31.1. The van der Waals surface area contributed by atoms with Crippen LogP contribution in [0, 0.1) is 27.9 Å². The van der Waals surface area contributed by atoms with Crippen molar-refractivity contribution < 1.29 is 42.6 Å². The maximum Gasteiger partial charge on any atom is 0.269 e. The number of pyridine rings is 1. The van der Waals surface area contributed by atoms with E-state index in [1.807, 2.05) is 37.3 Å². The van der Waals surface area contributed by atoms with Gasteiger partial charge in [0.15, 0.2) is 0 Å². The van der Waals surface area contributed by atoms with Crippen LogP contribution < -0.4 is 9.47 Å². The zero-order chi connectivity index (χ0) is 45.3. The molecule has 1 aliphatic heterocycles. The van der Waals surface area contributed by atoms with Gasteiger partial charge in [0.1, 0.15) is 29.6 Å². The SMILES string of the molecule is C=CCOc1ccc2c(c1)[C@H]1[C@H](CCCCO)[C@@H](CCCCO)C=C3C(=NOCc4ccc([N+](=O)[O-])cc4)C[C@H](N(CCC)S(=O)(=O)c4cccc5cccnc45)[C@@](OCC=C)(O2)[C@H]31. The third kappa shape index (κ3) is 9.50. The molecule has 3 aliphatic rings. The summed E-state index contributed by atoms with van der Waals surface area (Å²) in [6.45, 7) is 10.3. The Morgan fingerprint density at radius 3 is 2.47 bits per heavy atom. The number of non-ortho nitro benzene ring substituents is 1. The van der Waals surface area contributed by atoms with Crippen LogP contribution >= 0.6 is 0 Å². The van der Waals surface area contributed by atoms with E-state index in [0.717, 1.165) is 36.8 Å². The van der Waals surface area contributed by atoms with Crippen LogP contribution in [0.3, 0.4) is 0 Å². The quantitative estimate of drug-likeness (QED) is 0.0315. The number of aromatic nitrogens is 1. The van der Waals surface area contributed by atoms with Crippen LogP contribution in [-0.2, 0) is 26.2 Å². The molecule has 0 radical (unpaired) electrons. The molecule has 3 aromatic carbocycles. The first-order valence-electron chi connectivity index (χ1n) is 22.1. The molecule has 0 spiro atoms. The maximum absolute atomic E-state index is 15.5. The van der Waals surface area contributed by atoms with Crippen molar-refractivity contribution in [3.63, 3.8) is 0 Å². The minimum atomic E-state index is -4.34. The number of allylic oxidation sites excluding steroid dienone is 1. The molecule has 0 saturated heterocycles. The average molecular weight is 895 g/mol. The second-order valence-corrected chi connectivity index (χ2v) is 18.4. The number of fused-ring (bicyclic) bond motifs is 3. The van der Waals surface area contributed by atoms with Gasteiger partial charge in [-0.25, -0.2) is 8.42 Å². The topological polar surface area (TPSA) is 183 Å². The monoisotopic (exact) mass is 894 g/mol. The fraction of sp³-hybridized carbons (Fsp3) is 0.429. The van der Waals surface area contributed by atoms with Crippen LogP contribution in [-0.4, -0.2) is 83.4 Å². The van der Waals surface area contributed by atoms with E-state index in [2.05, 4.69) is 24.2 Å². The maximum atomic E-state index is 15.5. The molecule has 0 amide bonds. The molecule has 340 valence electrons. The third-order valence-corrected chi connectivity index (χ3v) is 14.5. The summed E-state index contributed by atoms with van der Waals surface area (Å²) in [6, 6.07) is 19.5. The van der Waals surface area contributed by atoms with E-state index in [1.54, 1.807) is 48.7 Å². The fourth-order valence-electron chi connectivity index (χ4n) is 9.84. The normalized spacial score (nSPS) is 23.2. The van der Waals surface area contributed by atoms with Gasteiger partial charge in [0.25, 0.3) is 5.69 Å². The molecule has 2 heterocycles. The van der Waals surface area contributed by atoms with Crippen molar-refractivity contribution in [1.29, 1.82) is 0 Å². The molecule has 14 nitrogen and oxygen atoms in total. The highest BCUT2D eigenvalue weighted by Crippen LogP contribution is 2.62. The lowest BCUT2D eigenvalue weighted by Gasteiger charge is -2.59. The standard InChI is InChI=1S/C49H58N4O10S/c1-4-25-52(64(58,59)44-17-11-14-35-15-12-24-50-48(35)44)45-32-42(51-62-33-34-18-20-37(21-19-34)53(56)57)40-30-36(13-7-9-26-54)39(16-8-10-27-55)46-41-31-38(60-28-5-2)22-23-43(41)63-49(45,47(40)46)61-29-6-3/h5-6,11-12,14-15,17-24,30-31,36,39,45-47,54-55H,2-4,7-10,13,16,25-29,32-33H2,1H3/t36-,39+,45-,46+,47+,49+/m0/s1. The molecule has 4 aromatic rings. The zero-order valence-corrected chi connectivity index (χ0v) is 37.1. The number of sulfonamides is 1. The van der Waals surface area contributed by atoms with E-state index >= 15 is 8.42 Å². The van der Waals surface area contributed by atoms with E-state index in [9.17, 15) is 20.3 Å². The van der Waals surface area contributed by atoms with Gasteiger partial charge >= 0.3 is 0 Å². The van der Waals surface area contributed by atoms with Crippen LogP contribution in [0.25, 0.3) is 10.9 Å². The van der Waals surface area contributed by atoms with Gasteiger partial charge in [-0.05, 0) is 97.5 Å². The van der Waals surface area contributed by atoms with Gasteiger partial charge in [-0.1, -0.05) is 67.9 Å². The number of nitro groups is 1. The van der Waals surface area contributed by atoms with E-state index in [0.29, 0.717) is 52.9 Å². The number of aliphatic hydroxyl groups excluding tert-OH is 2. The van der Waals surface area contributed by atoms with E-state index in [1.165, 1.54) is 16.4 Å². The summed E-state index contributed by atoms with van der Waals surface area (Å²) in [5, 5.41) is 36.8. The van der Waals surface area contributed by atoms with Gasteiger partial charge in [-0.3, -0.25) is 15.1 Å². The first-order valence-corrected chi connectivity index (χ1v) is 23.6. The van der Waals surface area contributed by atoms with Gasteiger partial charge < -0.3 is 29.3 Å². The molecule has 1 saturated carbocycles. The Kier molecular flexibility index (Phi) is 15.3. The number of nitrogens with zero attached hydrogens (tertiary/aromatic N) is 4. The largest absolute Gasteiger partial charge is 0.490 e. The number of hydrogen-bond acceptors (Lipinski definition) is 12. The minimum absolute atomic E-state index is 0.00264. The lowest BCUT2D eigenvalue weighted by Crippen LogP contribution is -2.70. The van der Waals surface area contributed by atoms with Crippen molar-refractivity contribution >= 4 is 32.3 Å². The van der Waals surface area contributed by atoms with E-state index in [-0.39, 0.29) is 74.3 Å². The van der Waals surface area contributed by atoms with Crippen molar-refractivity contribution in [2.75, 3.05) is 33.0 Å². The minimum Gasteiger partial charge on any atom is -0.490 e. The Labute approximate surface area is 375 Å². The van der Waals surface area contributed by atoms with E-state index < -0.39 is 32.7 Å². The highest BCUT2D eigenvalue weighted by atomic mass is 32.2. The number of nitro benzene ring substituents is 1. The molecule has 2 N–H and O–H groups in total.